The van der Waals surface area contributed by atoms with Gasteiger partial charge in [0.25, 0.3) is 5.91 Å². The second-order valence-corrected chi connectivity index (χ2v) is 5.23. The van der Waals surface area contributed by atoms with E-state index in [4.69, 9.17) is 16.3 Å². The number of nitrogens with zero attached hydrogens (tertiary/aromatic N) is 2. The molecule has 3 rings (SSSR count). The highest BCUT2D eigenvalue weighted by Gasteiger charge is 2.23. The fraction of sp³-hybridized carbons (Fsp3) is 0.267. The van der Waals surface area contributed by atoms with Crippen molar-refractivity contribution in [2.45, 2.75) is 18.9 Å². The summed E-state index contributed by atoms with van der Waals surface area (Å²) in [6.45, 7) is 0.643. The van der Waals surface area contributed by atoms with Crippen LogP contribution < -0.4 is 5.32 Å². The molecule has 1 saturated heterocycles. The summed E-state index contributed by atoms with van der Waals surface area (Å²) in [4.78, 5) is 20.4. The number of benzene rings is 1. The highest BCUT2D eigenvalue weighted by Crippen LogP contribution is 2.19. The smallest absolute Gasteiger partial charge is 0.253 e. The second-order valence-electron chi connectivity index (χ2n) is 4.79. The number of halogens is 1. The van der Waals surface area contributed by atoms with E-state index in [0.29, 0.717) is 23.1 Å². The minimum atomic E-state index is -0.360. The van der Waals surface area contributed by atoms with Crippen LogP contribution in [0.5, 0.6) is 0 Å². The van der Waals surface area contributed by atoms with Crippen LogP contribution >= 0.6 is 11.6 Å². The van der Waals surface area contributed by atoms with Gasteiger partial charge in [-0.05, 0) is 37.1 Å². The average molecular weight is 304 g/mol. The molecule has 5 nitrogen and oxygen atoms in total. The Morgan fingerprint density at radius 2 is 1.95 bits per heavy atom. The Balaban J connectivity index is 1.69. The van der Waals surface area contributed by atoms with Crippen molar-refractivity contribution in [3.8, 4) is 11.4 Å². The molecule has 1 aromatic carbocycles. The van der Waals surface area contributed by atoms with Crippen LogP contribution in [0.3, 0.4) is 0 Å². The molecule has 0 spiro atoms. The Morgan fingerprint density at radius 3 is 2.57 bits per heavy atom. The fourth-order valence-corrected chi connectivity index (χ4v) is 2.27. The van der Waals surface area contributed by atoms with Crippen molar-refractivity contribution in [1.29, 1.82) is 0 Å². The van der Waals surface area contributed by atoms with Gasteiger partial charge in [-0.15, -0.1) is 0 Å². The lowest BCUT2D eigenvalue weighted by Gasteiger charge is -2.10. The number of carbonyl (C=O) groups excluding carboxylic acids is 1. The number of nitrogens with one attached hydrogen (secondary N) is 1. The molecule has 0 aliphatic carbocycles. The summed E-state index contributed by atoms with van der Waals surface area (Å²) in [5.74, 6) is 0.442. The lowest BCUT2D eigenvalue weighted by Crippen LogP contribution is -2.26. The Labute approximate surface area is 127 Å². The summed E-state index contributed by atoms with van der Waals surface area (Å²) in [6, 6.07) is 7.27. The van der Waals surface area contributed by atoms with Crippen LogP contribution in [0.4, 0.5) is 5.69 Å². The summed E-state index contributed by atoms with van der Waals surface area (Å²) >= 11 is 5.84. The number of ether oxygens (including phenoxy) is 1. The molecular formula is C15H14ClN3O2. The molecular weight excluding hydrogens is 290 g/mol. The number of rotatable bonds is 3. The van der Waals surface area contributed by atoms with Crippen molar-refractivity contribution in [2.24, 2.45) is 0 Å². The zero-order valence-electron chi connectivity index (χ0n) is 11.3. The highest BCUT2D eigenvalue weighted by atomic mass is 35.5. The summed E-state index contributed by atoms with van der Waals surface area (Å²) in [6.07, 6.45) is 4.49. The summed E-state index contributed by atoms with van der Waals surface area (Å²) in [5.41, 5.74) is 1.43. The molecule has 6 heteroatoms. The number of anilines is 1. The summed E-state index contributed by atoms with van der Waals surface area (Å²) < 4.78 is 5.33. The molecule has 2 aromatic rings. The molecule has 1 aliphatic rings. The first-order chi connectivity index (χ1) is 10.2. The average Bonchev–Trinajstić information content (AvgIpc) is 3.03. The first-order valence-corrected chi connectivity index (χ1v) is 7.10. The van der Waals surface area contributed by atoms with Gasteiger partial charge in [0, 0.05) is 17.2 Å². The minimum absolute atomic E-state index is 0.143. The van der Waals surface area contributed by atoms with Crippen LogP contribution in [0.25, 0.3) is 11.4 Å². The lowest BCUT2D eigenvalue weighted by molar-refractivity contribution is -0.124. The van der Waals surface area contributed by atoms with Gasteiger partial charge in [0.1, 0.15) is 6.10 Å². The number of amides is 1. The number of carbonyl (C=O) groups is 1. The number of aromatic nitrogens is 2. The number of hydrogen-bond donors (Lipinski definition) is 1. The topological polar surface area (TPSA) is 64.1 Å². The number of hydrogen-bond acceptors (Lipinski definition) is 4. The maximum atomic E-state index is 11.9. The molecule has 108 valence electrons. The maximum Gasteiger partial charge on any atom is 0.253 e. The van der Waals surface area contributed by atoms with Gasteiger partial charge in [-0.25, -0.2) is 9.97 Å². The van der Waals surface area contributed by atoms with Crippen molar-refractivity contribution in [3.05, 3.63) is 41.7 Å². The van der Waals surface area contributed by atoms with Crippen molar-refractivity contribution in [3.63, 3.8) is 0 Å². The molecule has 1 fully saturated rings. The molecule has 1 amide bonds. The van der Waals surface area contributed by atoms with Crippen LogP contribution in [-0.2, 0) is 9.53 Å². The SMILES string of the molecule is O=C(Nc1cnc(-c2ccc(Cl)cc2)nc1)[C@@H]1CCCO1. The van der Waals surface area contributed by atoms with Gasteiger partial charge < -0.3 is 10.1 Å². The van der Waals surface area contributed by atoms with Crippen molar-refractivity contribution >= 4 is 23.2 Å². The summed E-state index contributed by atoms with van der Waals surface area (Å²) in [5, 5.41) is 3.43. The van der Waals surface area contributed by atoms with Gasteiger partial charge >= 0.3 is 0 Å². The third-order valence-electron chi connectivity index (χ3n) is 3.24. The van der Waals surface area contributed by atoms with Gasteiger partial charge in [-0.2, -0.15) is 0 Å². The largest absolute Gasteiger partial charge is 0.368 e. The van der Waals surface area contributed by atoms with Gasteiger partial charge in [0.05, 0.1) is 18.1 Å². The maximum absolute atomic E-state index is 11.9. The van der Waals surface area contributed by atoms with Gasteiger partial charge in [-0.3, -0.25) is 4.79 Å². The Hall–Kier alpha value is -1.98. The van der Waals surface area contributed by atoms with Gasteiger partial charge in [0.2, 0.25) is 0 Å². The predicted molar refractivity (Wildman–Crippen MR) is 80.1 cm³/mol. The van der Waals surface area contributed by atoms with Crippen LogP contribution in [0, 0.1) is 0 Å². The van der Waals surface area contributed by atoms with Crippen molar-refractivity contribution < 1.29 is 9.53 Å². The molecule has 1 N–H and O–H groups in total. The molecule has 0 unspecified atom stereocenters. The standard InChI is InChI=1S/C15H14ClN3O2/c16-11-5-3-10(4-6-11)14-17-8-12(9-18-14)19-15(20)13-2-1-7-21-13/h3-6,8-9,13H,1-2,7H2,(H,19,20)/t13-/m0/s1. The molecule has 21 heavy (non-hydrogen) atoms. The van der Waals surface area contributed by atoms with Gasteiger partial charge in [-0.1, -0.05) is 11.6 Å². The van der Waals surface area contributed by atoms with Crippen LogP contribution in [-0.4, -0.2) is 28.6 Å². The van der Waals surface area contributed by atoms with Crippen LogP contribution in [0.15, 0.2) is 36.7 Å². The predicted octanol–water partition coefficient (Wildman–Crippen LogP) is 2.91. The quantitative estimate of drug-likeness (QED) is 0.947. The molecule has 1 aliphatic heterocycles. The van der Waals surface area contributed by atoms with E-state index in [1.54, 1.807) is 24.5 Å². The zero-order valence-corrected chi connectivity index (χ0v) is 12.0. The van der Waals surface area contributed by atoms with E-state index in [0.717, 1.165) is 18.4 Å². The van der Waals surface area contributed by atoms with Gasteiger partial charge in [0.15, 0.2) is 5.82 Å². The van der Waals surface area contributed by atoms with E-state index in [9.17, 15) is 4.79 Å². The van der Waals surface area contributed by atoms with Crippen LogP contribution in [0.1, 0.15) is 12.8 Å². The molecule has 1 atom stereocenters. The zero-order chi connectivity index (χ0) is 14.7. The van der Waals surface area contributed by atoms with E-state index in [-0.39, 0.29) is 12.0 Å². The molecule has 0 bridgehead atoms. The Morgan fingerprint density at radius 1 is 1.24 bits per heavy atom. The van der Waals surface area contributed by atoms with E-state index < -0.39 is 0 Å². The molecule has 2 heterocycles. The first-order valence-electron chi connectivity index (χ1n) is 6.73. The van der Waals surface area contributed by atoms with Crippen molar-refractivity contribution in [1.82, 2.24) is 9.97 Å². The van der Waals surface area contributed by atoms with E-state index in [1.807, 2.05) is 12.1 Å². The third kappa shape index (κ3) is 3.37. The second kappa shape index (κ2) is 6.20. The van der Waals surface area contributed by atoms with Crippen LogP contribution in [0.2, 0.25) is 5.02 Å². The summed E-state index contributed by atoms with van der Waals surface area (Å²) in [7, 11) is 0. The van der Waals surface area contributed by atoms with E-state index in [1.165, 1.54) is 0 Å². The molecule has 0 saturated carbocycles. The normalized spacial score (nSPS) is 17.7. The Kier molecular flexibility index (Phi) is 4.13. The van der Waals surface area contributed by atoms with E-state index in [2.05, 4.69) is 15.3 Å². The highest BCUT2D eigenvalue weighted by molar-refractivity contribution is 6.30. The Bertz CT molecular complexity index is 622. The van der Waals surface area contributed by atoms with E-state index >= 15 is 0 Å². The third-order valence-corrected chi connectivity index (χ3v) is 3.50. The lowest BCUT2D eigenvalue weighted by atomic mass is 10.2. The fourth-order valence-electron chi connectivity index (χ4n) is 2.15. The molecule has 1 aromatic heterocycles. The minimum Gasteiger partial charge on any atom is -0.368 e. The van der Waals surface area contributed by atoms with Crippen molar-refractivity contribution in [2.75, 3.05) is 11.9 Å². The monoisotopic (exact) mass is 303 g/mol. The first kappa shape index (κ1) is 14.0. The molecule has 0 radical (unpaired) electrons.